The van der Waals surface area contributed by atoms with Gasteiger partial charge in [-0.1, -0.05) is 12.8 Å². The van der Waals surface area contributed by atoms with Crippen LogP contribution < -0.4 is 10.2 Å². The summed E-state index contributed by atoms with van der Waals surface area (Å²) < 4.78 is 0. The highest BCUT2D eigenvalue weighted by Crippen LogP contribution is 2.25. The lowest BCUT2D eigenvalue weighted by molar-refractivity contribution is 0.187. The second-order valence-corrected chi connectivity index (χ2v) is 5.86. The van der Waals surface area contributed by atoms with Gasteiger partial charge in [0.15, 0.2) is 0 Å². The van der Waals surface area contributed by atoms with Crippen LogP contribution in [-0.4, -0.2) is 54.1 Å². The van der Waals surface area contributed by atoms with Gasteiger partial charge in [-0.15, -0.1) is 0 Å². The molecule has 0 spiro atoms. The molecule has 1 aliphatic heterocycles. The number of nitrogens with zero attached hydrogens (tertiary/aromatic N) is 4. The van der Waals surface area contributed by atoms with Crippen molar-refractivity contribution in [2.75, 3.05) is 38.1 Å². The SMILES string of the molecule is CNCc1cnc(N2CCN(C3CCCC3)CC2)cn1. The maximum absolute atomic E-state index is 4.55. The van der Waals surface area contributed by atoms with Crippen molar-refractivity contribution >= 4 is 5.82 Å². The molecule has 0 radical (unpaired) electrons. The summed E-state index contributed by atoms with van der Waals surface area (Å²) in [6.07, 6.45) is 9.44. The second-order valence-electron chi connectivity index (χ2n) is 5.86. The van der Waals surface area contributed by atoms with Crippen LogP contribution in [0.15, 0.2) is 12.4 Å². The quantitative estimate of drug-likeness (QED) is 0.896. The molecule has 0 bridgehead atoms. The first-order chi connectivity index (χ1) is 9.86. The Bertz CT molecular complexity index is 405. The summed E-state index contributed by atoms with van der Waals surface area (Å²) in [5, 5.41) is 3.10. The van der Waals surface area contributed by atoms with Gasteiger partial charge in [0, 0.05) is 38.8 Å². The van der Waals surface area contributed by atoms with E-state index in [1.165, 1.54) is 38.8 Å². The van der Waals surface area contributed by atoms with Crippen LogP contribution in [-0.2, 0) is 6.54 Å². The summed E-state index contributed by atoms with van der Waals surface area (Å²) in [6.45, 7) is 5.28. The summed E-state index contributed by atoms with van der Waals surface area (Å²) in [6, 6.07) is 0.848. The van der Waals surface area contributed by atoms with Gasteiger partial charge in [0.1, 0.15) is 5.82 Å². The normalized spacial score (nSPS) is 21.6. The first-order valence-electron chi connectivity index (χ1n) is 7.81. The molecule has 1 aromatic heterocycles. The van der Waals surface area contributed by atoms with Crippen molar-refractivity contribution < 1.29 is 0 Å². The molecule has 0 atom stereocenters. The van der Waals surface area contributed by atoms with E-state index in [-0.39, 0.29) is 0 Å². The van der Waals surface area contributed by atoms with E-state index in [0.717, 1.165) is 37.2 Å². The largest absolute Gasteiger partial charge is 0.353 e. The van der Waals surface area contributed by atoms with Crippen LogP contribution in [0.5, 0.6) is 0 Å². The van der Waals surface area contributed by atoms with Crippen LogP contribution >= 0.6 is 0 Å². The number of anilines is 1. The molecule has 1 N–H and O–H groups in total. The molecule has 1 aromatic rings. The lowest BCUT2D eigenvalue weighted by Crippen LogP contribution is -2.50. The van der Waals surface area contributed by atoms with Gasteiger partial charge >= 0.3 is 0 Å². The third-order valence-electron chi connectivity index (χ3n) is 4.53. The monoisotopic (exact) mass is 275 g/mol. The fourth-order valence-corrected chi connectivity index (χ4v) is 3.37. The van der Waals surface area contributed by atoms with E-state index < -0.39 is 0 Å². The predicted octanol–water partition coefficient (Wildman–Crippen LogP) is 1.26. The summed E-state index contributed by atoms with van der Waals surface area (Å²) in [5.41, 5.74) is 1.00. The first kappa shape index (κ1) is 13.8. The summed E-state index contributed by atoms with van der Waals surface area (Å²) >= 11 is 0. The van der Waals surface area contributed by atoms with Gasteiger partial charge in [0.25, 0.3) is 0 Å². The Balaban J connectivity index is 1.54. The highest BCUT2D eigenvalue weighted by Gasteiger charge is 2.26. The third-order valence-corrected chi connectivity index (χ3v) is 4.53. The average Bonchev–Trinajstić information content (AvgIpc) is 3.03. The molecule has 2 heterocycles. The lowest BCUT2D eigenvalue weighted by Gasteiger charge is -2.38. The average molecular weight is 275 g/mol. The number of hydrogen-bond acceptors (Lipinski definition) is 5. The van der Waals surface area contributed by atoms with Crippen molar-refractivity contribution in [3.05, 3.63) is 18.1 Å². The summed E-state index contributed by atoms with van der Waals surface area (Å²) in [7, 11) is 1.93. The highest BCUT2D eigenvalue weighted by molar-refractivity contribution is 5.36. The van der Waals surface area contributed by atoms with E-state index in [4.69, 9.17) is 0 Å². The molecule has 5 heteroatoms. The molecule has 2 aliphatic rings. The van der Waals surface area contributed by atoms with Gasteiger partial charge in [-0.3, -0.25) is 9.88 Å². The van der Waals surface area contributed by atoms with Crippen molar-refractivity contribution in [1.29, 1.82) is 0 Å². The van der Waals surface area contributed by atoms with E-state index in [1.54, 1.807) is 0 Å². The van der Waals surface area contributed by atoms with E-state index in [9.17, 15) is 0 Å². The van der Waals surface area contributed by atoms with Gasteiger partial charge in [-0.05, 0) is 19.9 Å². The van der Waals surface area contributed by atoms with Crippen molar-refractivity contribution in [3.63, 3.8) is 0 Å². The number of hydrogen-bond donors (Lipinski definition) is 1. The van der Waals surface area contributed by atoms with E-state index in [2.05, 4.69) is 25.1 Å². The Morgan fingerprint density at radius 2 is 1.85 bits per heavy atom. The van der Waals surface area contributed by atoms with E-state index in [1.807, 2.05) is 19.4 Å². The van der Waals surface area contributed by atoms with Crippen molar-refractivity contribution in [1.82, 2.24) is 20.2 Å². The zero-order chi connectivity index (χ0) is 13.8. The van der Waals surface area contributed by atoms with Gasteiger partial charge < -0.3 is 10.2 Å². The highest BCUT2D eigenvalue weighted by atomic mass is 15.3. The predicted molar refractivity (Wildman–Crippen MR) is 80.8 cm³/mol. The topological polar surface area (TPSA) is 44.3 Å². The Labute approximate surface area is 121 Å². The van der Waals surface area contributed by atoms with Crippen LogP contribution in [0, 0.1) is 0 Å². The maximum Gasteiger partial charge on any atom is 0.147 e. The molecular formula is C15H25N5. The lowest BCUT2D eigenvalue weighted by atomic mass is 10.2. The Kier molecular flexibility index (Phi) is 4.47. The van der Waals surface area contributed by atoms with E-state index >= 15 is 0 Å². The third kappa shape index (κ3) is 3.10. The fraction of sp³-hybridized carbons (Fsp3) is 0.733. The number of piperazine rings is 1. The van der Waals surface area contributed by atoms with Crippen molar-refractivity contribution in [2.45, 2.75) is 38.3 Å². The molecule has 5 nitrogen and oxygen atoms in total. The minimum Gasteiger partial charge on any atom is -0.353 e. The van der Waals surface area contributed by atoms with Crippen molar-refractivity contribution in [3.8, 4) is 0 Å². The molecule has 20 heavy (non-hydrogen) atoms. The van der Waals surface area contributed by atoms with Crippen molar-refractivity contribution in [2.24, 2.45) is 0 Å². The molecule has 0 amide bonds. The van der Waals surface area contributed by atoms with Gasteiger partial charge in [-0.25, -0.2) is 4.98 Å². The molecule has 1 aliphatic carbocycles. The van der Waals surface area contributed by atoms with Crippen LogP contribution in [0.2, 0.25) is 0 Å². The molecule has 1 saturated heterocycles. The standard InChI is InChI=1S/C15H25N5/c1-16-10-13-11-18-15(12-17-13)20-8-6-19(7-9-20)14-4-2-3-5-14/h11-12,14,16H,2-10H2,1H3. The first-order valence-corrected chi connectivity index (χ1v) is 7.81. The van der Waals surface area contributed by atoms with Gasteiger partial charge in [0.2, 0.25) is 0 Å². The minimum absolute atomic E-state index is 0.780. The van der Waals surface area contributed by atoms with Crippen LogP contribution in [0.25, 0.3) is 0 Å². The second kappa shape index (κ2) is 6.50. The summed E-state index contributed by atoms with van der Waals surface area (Å²) in [5.74, 6) is 1.02. The molecule has 110 valence electrons. The van der Waals surface area contributed by atoms with Crippen LogP contribution in [0.3, 0.4) is 0 Å². The number of aromatic nitrogens is 2. The minimum atomic E-state index is 0.780. The van der Waals surface area contributed by atoms with E-state index in [0.29, 0.717) is 0 Å². The maximum atomic E-state index is 4.55. The Morgan fingerprint density at radius 1 is 1.10 bits per heavy atom. The molecule has 0 aromatic carbocycles. The van der Waals surface area contributed by atoms with Gasteiger partial charge in [-0.2, -0.15) is 0 Å². The molecule has 3 rings (SSSR count). The molecular weight excluding hydrogens is 250 g/mol. The molecule has 0 unspecified atom stereocenters. The van der Waals surface area contributed by atoms with Gasteiger partial charge in [0.05, 0.1) is 18.1 Å². The molecule has 1 saturated carbocycles. The Hall–Kier alpha value is -1.20. The number of rotatable bonds is 4. The smallest absolute Gasteiger partial charge is 0.147 e. The fourth-order valence-electron chi connectivity index (χ4n) is 3.37. The zero-order valence-electron chi connectivity index (χ0n) is 12.4. The summed E-state index contributed by atoms with van der Waals surface area (Å²) in [4.78, 5) is 14.0. The Morgan fingerprint density at radius 3 is 2.45 bits per heavy atom. The van der Waals surface area contributed by atoms with Crippen LogP contribution in [0.4, 0.5) is 5.82 Å². The van der Waals surface area contributed by atoms with Crippen LogP contribution in [0.1, 0.15) is 31.4 Å². The zero-order valence-corrected chi connectivity index (χ0v) is 12.4. The number of nitrogens with one attached hydrogen (secondary N) is 1. The molecule has 2 fully saturated rings.